The summed E-state index contributed by atoms with van der Waals surface area (Å²) in [4.78, 5) is 25.6. The van der Waals surface area contributed by atoms with Crippen LogP contribution in [-0.2, 0) is 18.4 Å². The number of hydrogen-bond acceptors (Lipinski definition) is 6. The van der Waals surface area contributed by atoms with E-state index in [0.29, 0.717) is 23.9 Å². The summed E-state index contributed by atoms with van der Waals surface area (Å²) < 4.78 is 23.5. The molecule has 0 bridgehead atoms. The Morgan fingerprint density at radius 1 is 0.408 bits per heavy atom. The van der Waals surface area contributed by atoms with Crippen LogP contribution in [0.3, 0.4) is 0 Å². The van der Waals surface area contributed by atoms with Gasteiger partial charge in [-0.2, -0.15) is 0 Å². The van der Waals surface area contributed by atoms with E-state index < -0.39 is 20.0 Å². The number of aliphatic hydroxyl groups is 1. The van der Waals surface area contributed by atoms with E-state index in [-0.39, 0.29) is 19.1 Å². The van der Waals surface area contributed by atoms with Gasteiger partial charge < -0.3 is 28.8 Å². The molecule has 0 aromatic heterocycles. The maximum absolute atomic E-state index is 13.0. The number of carbonyl (C=O) groups excluding carboxylic acids is 1. The molecule has 2 N–H and O–H groups in total. The number of likely N-dealkylation sites (N-methyl/N-ethyl adjacent to an activating group) is 1. The van der Waals surface area contributed by atoms with E-state index in [1.165, 1.54) is 308 Å². The second kappa shape index (κ2) is 59.1. The van der Waals surface area contributed by atoms with Crippen LogP contribution in [0, 0.1) is 0 Å². The van der Waals surface area contributed by atoms with Crippen LogP contribution in [0.25, 0.3) is 0 Å². The van der Waals surface area contributed by atoms with Crippen LogP contribution in [-0.4, -0.2) is 68.5 Å². The quantitative estimate of drug-likeness (QED) is 0.0357. The number of unbranched alkanes of at least 4 members (excludes halogenated alkanes) is 52. The number of hydrogen-bond donors (Lipinski definition) is 2. The van der Waals surface area contributed by atoms with Crippen molar-refractivity contribution in [3.63, 3.8) is 0 Å². The van der Waals surface area contributed by atoms with E-state index in [1.807, 2.05) is 21.1 Å². The number of quaternary nitrogens is 1. The van der Waals surface area contributed by atoms with E-state index in [2.05, 4.69) is 19.2 Å². The number of phosphoric acid groups is 1. The number of rotatable bonds is 65. The van der Waals surface area contributed by atoms with E-state index in [9.17, 15) is 19.4 Å². The number of phosphoric ester groups is 1. The number of nitrogens with zero attached hydrogens (tertiary/aromatic N) is 1. The first-order valence-electron chi connectivity index (χ1n) is 34.4. The molecule has 0 rings (SSSR count). The molecule has 1 amide bonds. The number of carbonyl (C=O) groups is 1. The lowest BCUT2D eigenvalue weighted by Crippen LogP contribution is -2.46. The van der Waals surface area contributed by atoms with Crippen molar-refractivity contribution in [3.05, 3.63) is 0 Å². The van der Waals surface area contributed by atoms with E-state index in [1.54, 1.807) is 0 Å². The molecule has 0 spiro atoms. The van der Waals surface area contributed by atoms with Gasteiger partial charge in [0.15, 0.2) is 0 Å². The maximum atomic E-state index is 13.0. The highest BCUT2D eigenvalue weighted by molar-refractivity contribution is 7.45. The number of aliphatic hydroxyl groups excluding tert-OH is 1. The predicted molar refractivity (Wildman–Crippen MR) is 330 cm³/mol. The lowest BCUT2D eigenvalue weighted by molar-refractivity contribution is -0.870. The highest BCUT2D eigenvalue weighted by Gasteiger charge is 2.24. The highest BCUT2D eigenvalue weighted by atomic mass is 31.2. The van der Waals surface area contributed by atoms with Gasteiger partial charge in [-0.15, -0.1) is 0 Å². The third-order valence-electron chi connectivity index (χ3n) is 16.3. The molecule has 3 unspecified atom stereocenters. The summed E-state index contributed by atoms with van der Waals surface area (Å²) in [6, 6.07) is -0.796. The second-order valence-electron chi connectivity index (χ2n) is 25.3. The summed E-state index contributed by atoms with van der Waals surface area (Å²) >= 11 is 0. The Morgan fingerprint density at radius 3 is 0.895 bits per heavy atom. The molecular weight excluding hydrogens is 960 g/mol. The van der Waals surface area contributed by atoms with Gasteiger partial charge in [0.25, 0.3) is 7.82 Å². The first-order chi connectivity index (χ1) is 37.0. The summed E-state index contributed by atoms with van der Waals surface area (Å²) in [6.45, 7) is 4.80. The zero-order valence-electron chi connectivity index (χ0n) is 52.3. The van der Waals surface area contributed by atoms with Gasteiger partial charge in [0.05, 0.1) is 39.9 Å². The average Bonchev–Trinajstić information content (AvgIpc) is 3.38. The van der Waals surface area contributed by atoms with Crippen molar-refractivity contribution in [1.82, 2.24) is 5.32 Å². The molecule has 0 saturated heterocycles. The summed E-state index contributed by atoms with van der Waals surface area (Å²) in [5.74, 6) is -0.154. The zero-order valence-corrected chi connectivity index (χ0v) is 53.2. The Balaban J connectivity index is 3.99. The van der Waals surface area contributed by atoms with Crippen LogP contribution in [0.1, 0.15) is 373 Å². The van der Waals surface area contributed by atoms with E-state index in [4.69, 9.17) is 9.05 Å². The van der Waals surface area contributed by atoms with Gasteiger partial charge in [-0.05, 0) is 12.8 Å². The fourth-order valence-corrected chi connectivity index (χ4v) is 11.7. The molecule has 3 atom stereocenters. The molecule has 0 aromatic carbocycles. The molecule has 0 aliphatic carbocycles. The molecule has 0 aromatic rings. The Hall–Kier alpha value is -0.500. The molecule has 0 aliphatic heterocycles. The largest absolute Gasteiger partial charge is 0.756 e. The minimum Gasteiger partial charge on any atom is -0.756 e. The van der Waals surface area contributed by atoms with Gasteiger partial charge in [0, 0.05) is 6.42 Å². The lowest BCUT2D eigenvalue weighted by atomic mass is 10.0. The van der Waals surface area contributed by atoms with Crippen LogP contribution in [0.4, 0.5) is 0 Å². The third kappa shape index (κ3) is 61.1. The second-order valence-corrected chi connectivity index (χ2v) is 26.7. The standard InChI is InChI=1S/C67H137N2O6P/c1-6-8-10-12-14-16-18-20-22-24-26-28-30-31-32-33-34-35-36-37-39-40-42-44-46-48-50-52-54-56-58-60-66(70)65(64-75-76(72,73)74-63-62-69(3,4)5)68-67(71)61-59-57-55-53-51-49-47-45-43-41-38-29-27-25-23-21-19-17-15-13-11-9-7-2/h65-66,70H,6-64H2,1-5H3,(H-,68,71,72,73). The van der Waals surface area contributed by atoms with Gasteiger partial charge in [-0.3, -0.25) is 9.36 Å². The van der Waals surface area contributed by atoms with Gasteiger partial charge in [-0.25, -0.2) is 0 Å². The van der Waals surface area contributed by atoms with Gasteiger partial charge in [0.1, 0.15) is 13.2 Å². The topological polar surface area (TPSA) is 108 Å². The van der Waals surface area contributed by atoms with E-state index >= 15 is 0 Å². The van der Waals surface area contributed by atoms with Gasteiger partial charge >= 0.3 is 0 Å². The van der Waals surface area contributed by atoms with Crippen LogP contribution in [0.15, 0.2) is 0 Å². The molecule has 76 heavy (non-hydrogen) atoms. The molecule has 0 heterocycles. The molecule has 0 radical (unpaired) electrons. The molecule has 456 valence electrons. The zero-order chi connectivity index (χ0) is 55.6. The van der Waals surface area contributed by atoms with Crippen LogP contribution in [0.5, 0.6) is 0 Å². The number of nitrogens with one attached hydrogen (secondary N) is 1. The minimum atomic E-state index is -4.57. The summed E-state index contributed by atoms with van der Waals surface area (Å²) in [5.41, 5.74) is 0. The van der Waals surface area contributed by atoms with Crippen LogP contribution in [0.2, 0.25) is 0 Å². The molecule has 9 heteroatoms. The fourth-order valence-electron chi connectivity index (χ4n) is 11.0. The Morgan fingerprint density at radius 2 is 0.645 bits per heavy atom. The van der Waals surface area contributed by atoms with Gasteiger partial charge in [0.2, 0.25) is 5.91 Å². The van der Waals surface area contributed by atoms with Crippen molar-refractivity contribution in [2.45, 2.75) is 386 Å². The van der Waals surface area contributed by atoms with E-state index in [0.717, 1.165) is 38.5 Å². The monoisotopic (exact) mass is 1100 g/mol. The predicted octanol–water partition coefficient (Wildman–Crippen LogP) is 20.9. The fraction of sp³-hybridized carbons (Fsp3) is 0.985. The summed E-state index contributed by atoms with van der Waals surface area (Å²) in [6.07, 6.45) is 73.2. The minimum absolute atomic E-state index is 0.0169. The lowest BCUT2D eigenvalue weighted by Gasteiger charge is -2.30. The smallest absolute Gasteiger partial charge is 0.268 e. The first-order valence-corrected chi connectivity index (χ1v) is 35.8. The number of amides is 1. The van der Waals surface area contributed by atoms with Crippen LogP contribution >= 0.6 is 7.82 Å². The van der Waals surface area contributed by atoms with Crippen molar-refractivity contribution in [1.29, 1.82) is 0 Å². The molecular formula is C67H137N2O6P. The molecule has 0 saturated carbocycles. The van der Waals surface area contributed by atoms with Crippen molar-refractivity contribution in [3.8, 4) is 0 Å². The first kappa shape index (κ1) is 75.5. The highest BCUT2D eigenvalue weighted by Crippen LogP contribution is 2.38. The van der Waals surface area contributed by atoms with Crippen molar-refractivity contribution < 1.29 is 32.9 Å². The third-order valence-corrected chi connectivity index (χ3v) is 17.3. The Labute approximate surface area is 476 Å². The molecule has 8 nitrogen and oxygen atoms in total. The van der Waals surface area contributed by atoms with Crippen LogP contribution < -0.4 is 10.2 Å². The summed E-state index contributed by atoms with van der Waals surface area (Å²) in [7, 11) is 1.33. The Bertz CT molecular complexity index is 1200. The van der Waals surface area contributed by atoms with Crippen molar-refractivity contribution in [2.75, 3.05) is 40.9 Å². The molecule has 0 aliphatic rings. The molecule has 0 fully saturated rings. The van der Waals surface area contributed by atoms with Crippen molar-refractivity contribution >= 4 is 13.7 Å². The SMILES string of the molecule is CCCCCCCCCCCCCCCCCCCCCCCCCCCCCCCCCC(O)C(COP(=O)([O-])OCC[N+](C)(C)C)NC(=O)CCCCCCCCCCCCCCCCCCCCCCCCC. The van der Waals surface area contributed by atoms with Crippen molar-refractivity contribution in [2.24, 2.45) is 0 Å². The Kier molecular flexibility index (Phi) is 58.7. The van der Waals surface area contributed by atoms with Gasteiger partial charge in [-0.1, -0.05) is 354 Å². The summed E-state index contributed by atoms with van der Waals surface area (Å²) in [5, 5.41) is 14.1. The normalized spacial score (nSPS) is 13.6. The maximum Gasteiger partial charge on any atom is 0.268 e. The average molecular weight is 1100 g/mol.